The summed E-state index contributed by atoms with van der Waals surface area (Å²) in [4.78, 5) is 14.9. The number of fused-ring (bicyclic) bond motifs is 1. The summed E-state index contributed by atoms with van der Waals surface area (Å²) in [6.45, 7) is 0.509. The molecule has 0 fully saturated rings. The third-order valence-corrected chi connectivity index (χ3v) is 2.39. The Hall–Kier alpha value is -2.21. The topological polar surface area (TPSA) is 44.9 Å². The number of terminal acetylenes is 1. The number of aromatic amines is 1. The van der Waals surface area contributed by atoms with Crippen molar-refractivity contribution in [2.75, 3.05) is 6.54 Å². The highest BCUT2D eigenvalue weighted by Crippen LogP contribution is 2.17. The van der Waals surface area contributed by atoms with E-state index in [9.17, 15) is 4.79 Å². The van der Waals surface area contributed by atoms with Gasteiger partial charge >= 0.3 is 0 Å². The van der Waals surface area contributed by atoms with E-state index in [1.165, 1.54) is 0 Å². The van der Waals surface area contributed by atoms with Gasteiger partial charge in [-0.3, -0.25) is 4.79 Å². The zero-order valence-electron chi connectivity index (χ0n) is 8.79. The number of H-pyrrole nitrogens is 1. The number of benzene rings is 1. The smallest absolute Gasteiger partial charge is 0.253 e. The van der Waals surface area contributed by atoms with Crippen LogP contribution < -0.4 is 5.32 Å². The molecule has 80 valence electrons. The van der Waals surface area contributed by atoms with Gasteiger partial charge in [0.1, 0.15) is 0 Å². The van der Waals surface area contributed by atoms with Crippen LogP contribution in [-0.4, -0.2) is 17.4 Å². The highest BCUT2D eigenvalue weighted by atomic mass is 16.1. The second-order valence-electron chi connectivity index (χ2n) is 3.46. The van der Waals surface area contributed by atoms with Crippen molar-refractivity contribution >= 4 is 16.8 Å². The van der Waals surface area contributed by atoms with Crippen molar-refractivity contribution in [1.29, 1.82) is 0 Å². The van der Waals surface area contributed by atoms with Gasteiger partial charge in [-0.2, -0.15) is 0 Å². The summed E-state index contributed by atoms with van der Waals surface area (Å²) in [5, 5.41) is 3.71. The number of carbonyl (C=O) groups excluding carboxylic acids is 1. The third-order valence-electron chi connectivity index (χ3n) is 2.39. The molecular formula is C13H12N2O. The zero-order valence-corrected chi connectivity index (χ0v) is 8.79. The van der Waals surface area contributed by atoms with Crippen molar-refractivity contribution in [1.82, 2.24) is 10.3 Å². The summed E-state index contributed by atoms with van der Waals surface area (Å²) in [5.74, 6) is 2.39. The summed E-state index contributed by atoms with van der Waals surface area (Å²) in [5.41, 5.74) is 1.62. The average Bonchev–Trinajstić information content (AvgIpc) is 2.73. The molecule has 0 bridgehead atoms. The molecule has 1 heterocycles. The lowest BCUT2D eigenvalue weighted by molar-refractivity contribution is 0.0956. The Bertz CT molecular complexity index is 548. The second-order valence-corrected chi connectivity index (χ2v) is 3.46. The maximum atomic E-state index is 11.8. The molecule has 0 aliphatic rings. The Morgan fingerprint density at radius 1 is 1.44 bits per heavy atom. The molecule has 0 unspecified atom stereocenters. The van der Waals surface area contributed by atoms with E-state index >= 15 is 0 Å². The first kappa shape index (κ1) is 10.3. The summed E-state index contributed by atoms with van der Waals surface area (Å²) >= 11 is 0. The lowest BCUT2D eigenvalue weighted by Crippen LogP contribution is -2.23. The minimum Gasteiger partial charge on any atom is -0.360 e. The first-order valence-corrected chi connectivity index (χ1v) is 5.10. The fraction of sp³-hybridized carbons (Fsp3) is 0.154. The molecule has 0 radical (unpaired) electrons. The van der Waals surface area contributed by atoms with E-state index in [-0.39, 0.29) is 5.91 Å². The average molecular weight is 212 g/mol. The van der Waals surface area contributed by atoms with E-state index in [2.05, 4.69) is 16.2 Å². The number of hydrogen-bond donors (Lipinski definition) is 2. The first-order valence-electron chi connectivity index (χ1n) is 5.10. The quantitative estimate of drug-likeness (QED) is 0.592. The number of aromatic nitrogens is 1. The van der Waals surface area contributed by atoms with Crippen molar-refractivity contribution < 1.29 is 4.79 Å². The summed E-state index contributed by atoms with van der Waals surface area (Å²) in [6, 6.07) is 7.70. The van der Waals surface area contributed by atoms with E-state index in [0.29, 0.717) is 18.5 Å². The van der Waals surface area contributed by atoms with Crippen LogP contribution in [0.4, 0.5) is 0 Å². The summed E-state index contributed by atoms with van der Waals surface area (Å²) < 4.78 is 0. The number of amides is 1. The molecule has 2 N–H and O–H groups in total. The Balaban J connectivity index is 2.20. The standard InChI is InChI=1S/C13H12N2O/c1-2-3-8-14-13(16)11-9-15-12-7-5-4-6-10(11)12/h1,4-7,9,15H,3,8H2,(H,14,16). The van der Waals surface area contributed by atoms with Crippen molar-refractivity contribution in [3.8, 4) is 12.3 Å². The molecule has 1 aromatic carbocycles. The Morgan fingerprint density at radius 3 is 3.06 bits per heavy atom. The van der Waals surface area contributed by atoms with Crippen LogP contribution in [0.25, 0.3) is 10.9 Å². The highest BCUT2D eigenvalue weighted by molar-refractivity contribution is 6.06. The monoisotopic (exact) mass is 212 g/mol. The molecular weight excluding hydrogens is 200 g/mol. The van der Waals surface area contributed by atoms with Gasteiger partial charge in [0.25, 0.3) is 5.91 Å². The van der Waals surface area contributed by atoms with E-state index < -0.39 is 0 Å². The number of carbonyl (C=O) groups is 1. The number of rotatable bonds is 3. The van der Waals surface area contributed by atoms with Gasteiger partial charge in [-0.1, -0.05) is 18.2 Å². The molecule has 1 amide bonds. The summed E-state index contributed by atoms with van der Waals surface area (Å²) in [7, 11) is 0. The third kappa shape index (κ3) is 1.91. The van der Waals surface area contributed by atoms with Crippen LogP contribution in [0.3, 0.4) is 0 Å². The van der Waals surface area contributed by atoms with Gasteiger partial charge in [-0.15, -0.1) is 12.3 Å². The second kappa shape index (κ2) is 4.54. The number of nitrogens with one attached hydrogen (secondary N) is 2. The van der Waals surface area contributed by atoms with Crippen LogP contribution in [0.1, 0.15) is 16.8 Å². The molecule has 3 heteroatoms. The molecule has 2 rings (SSSR count). The maximum Gasteiger partial charge on any atom is 0.253 e. The van der Waals surface area contributed by atoms with E-state index in [1.807, 2.05) is 24.3 Å². The number of hydrogen-bond acceptors (Lipinski definition) is 1. The molecule has 1 aromatic heterocycles. The van der Waals surface area contributed by atoms with Crippen LogP contribution >= 0.6 is 0 Å². The normalized spacial score (nSPS) is 9.94. The van der Waals surface area contributed by atoms with Crippen LogP contribution in [0.5, 0.6) is 0 Å². The van der Waals surface area contributed by atoms with Crippen LogP contribution in [0.15, 0.2) is 30.5 Å². The van der Waals surface area contributed by atoms with Gasteiger partial charge in [-0.25, -0.2) is 0 Å². The predicted octanol–water partition coefficient (Wildman–Crippen LogP) is 1.92. The zero-order chi connectivity index (χ0) is 11.4. The molecule has 0 spiro atoms. The minimum atomic E-state index is -0.0901. The van der Waals surface area contributed by atoms with Crippen molar-refractivity contribution in [3.05, 3.63) is 36.0 Å². The molecule has 0 aliphatic carbocycles. The summed E-state index contributed by atoms with van der Waals surface area (Å²) in [6.07, 6.45) is 7.38. The van der Waals surface area contributed by atoms with E-state index in [4.69, 9.17) is 6.42 Å². The lowest BCUT2D eigenvalue weighted by Gasteiger charge is -2.00. The van der Waals surface area contributed by atoms with E-state index in [1.54, 1.807) is 6.20 Å². The minimum absolute atomic E-state index is 0.0901. The predicted molar refractivity (Wildman–Crippen MR) is 64.1 cm³/mol. The Labute approximate surface area is 93.9 Å². The molecule has 0 aliphatic heterocycles. The molecule has 0 saturated carbocycles. The van der Waals surface area contributed by atoms with Crippen molar-refractivity contribution in [2.24, 2.45) is 0 Å². The van der Waals surface area contributed by atoms with E-state index in [0.717, 1.165) is 10.9 Å². The molecule has 3 nitrogen and oxygen atoms in total. The molecule has 0 saturated heterocycles. The van der Waals surface area contributed by atoms with Gasteiger partial charge < -0.3 is 10.3 Å². The highest BCUT2D eigenvalue weighted by Gasteiger charge is 2.10. The Morgan fingerprint density at radius 2 is 2.25 bits per heavy atom. The van der Waals surface area contributed by atoms with Crippen molar-refractivity contribution in [2.45, 2.75) is 6.42 Å². The van der Waals surface area contributed by atoms with Gasteiger partial charge in [0, 0.05) is 30.1 Å². The number of para-hydroxylation sites is 1. The molecule has 16 heavy (non-hydrogen) atoms. The fourth-order valence-electron chi connectivity index (χ4n) is 1.60. The molecule has 2 aromatic rings. The van der Waals surface area contributed by atoms with Gasteiger partial charge in [-0.05, 0) is 6.07 Å². The fourth-order valence-corrected chi connectivity index (χ4v) is 1.60. The van der Waals surface area contributed by atoms with Gasteiger partial charge in [0.15, 0.2) is 0 Å². The van der Waals surface area contributed by atoms with Crippen LogP contribution in [0.2, 0.25) is 0 Å². The molecule has 0 atom stereocenters. The van der Waals surface area contributed by atoms with Crippen LogP contribution in [0, 0.1) is 12.3 Å². The largest absolute Gasteiger partial charge is 0.360 e. The van der Waals surface area contributed by atoms with Crippen molar-refractivity contribution in [3.63, 3.8) is 0 Å². The lowest BCUT2D eigenvalue weighted by atomic mass is 10.1. The van der Waals surface area contributed by atoms with Crippen LogP contribution in [-0.2, 0) is 0 Å². The first-order chi connectivity index (χ1) is 7.83. The SMILES string of the molecule is C#CCCNC(=O)c1c[nH]c2ccccc12. The van der Waals surface area contributed by atoms with Gasteiger partial charge in [0.2, 0.25) is 0 Å². The maximum absolute atomic E-state index is 11.8. The Kier molecular flexibility index (Phi) is 2.93. The van der Waals surface area contributed by atoms with Gasteiger partial charge in [0.05, 0.1) is 5.56 Å².